The topological polar surface area (TPSA) is 51.2 Å². The van der Waals surface area contributed by atoms with Gasteiger partial charge in [0.05, 0.1) is 0 Å². The number of rotatable bonds is 7. The summed E-state index contributed by atoms with van der Waals surface area (Å²) in [7, 11) is 0. The first-order valence-corrected chi connectivity index (χ1v) is 6.82. The molecule has 0 radical (unpaired) electrons. The summed E-state index contributed by atoms with van der Waals surface area (Å²) in [6.07, 6.45) is 7.44. The Kier molecular flexibility index (Phi) is 26.3. The maximum absolute atomic E-state index is 9.74. The second-order valence-corrected chi connectivity index (χ2v) is 4.63. The summed E-state index contributed by atoms with van der Waals surface area (Å²) in [4.78, 5) is 28.9. The van der Waals surface area contributed by atoms with Crippen molar-refractivity contribution >= 4 is 18.9 Å². The molecule has 108 valence electrons. The second-order valence-electron chi connectivity index (χ2n) is 4.63. The van der Waals surface area contributed by atoms with Gasteiger partial charge in [0.15, 0.2) is 0 Å². The van der Waals surface area contributed by atoms with Crippen molar-refractivity contribution in [2.24, 2.45) is 11.8 Å². The fourth-order valence-electron chi connectivity index (χ4n) is 0.576. The standard InChI is InChI=1S/3C5H10O/c1-5(2)3-4-6;1-3-5(2)4-6;1-2-3-4-5-6/h2*4-5H,3H2,1-2H3;5H,2-4H2,1H3. The van der Waals surface area contributed by atoms with Gasteiger partial charge in [-0.2, -0.15) is 0 Å². The Morgan fingerprint density at radius 2 is 1.50 bits per heavy atom. The van der Waals surface area contributed by atoms with Crippen molar-refractivity contribution < 1.29 is 14.4 Å². The molecule has 1 unspecified atom stereocenters. The molecule has 0 aromatic carbocycles. The van der Waals surface area contributed by atoms with Crippen LogP contribution in [0.25, 0.3) is 0 Å². The fourth-order valence-corrected chi connectivity index (χ4v) is 0.576. The van der Waals surface area contributed by atoms with Gasteiger partial charge in [0.25, 0.3) is 0 Å². The molecule has 0 rings (SSSR count). The number of hydrogen-bond acceptors (Lipinski definition) is 3. The zero-order valence-corrected chi connectivity index (χ0v) is 12.6. The van der Waals surface area contributed by atoms with E-state index in [0.29, 0.717) is 12.3 Å². The molecule has 18 heavy (non-hydrogen) atoms. The molecule has 0 saturated carbocycles. The van der Waals surface area contributed by atoms with Crippen LogP contribution >= 0.6 is 0 Å². The highest BCUT2D eigenvalue weighted by molar-refractivity contribution is 5.52. The molecule has 0 N–H and O–H groups in total. The third-order valence-electron chi connectivity index (χ3n) is 2.12. The maximum Gasteiger partial charge on any atom is 0.122 e. The van der Waals surface area contributed by atoms with Gasteiger partial charge in [-0.15, -0.1) is 0 Å². The minimum Gasteiger partial charge on any atom is -0.303 e. The smallest absolute Gasteiger partial charge is 0.122 e. The SMILES string of the molecule is CC(C)CC=O.CCC(C)C=O.CCCCC=O. The van der Waals surface area contributed by atoms with Gasteiger partial charge < -0.3 is 14.4 Å². The molecule has 0 aromatic heterocycles. The average molecular weight is 258 g/mol. The van der Waals surface area contributed by atoms with Gasteiger partial charge >= 0.3 is 0 Å². The first-order chi connectivity index (χ1) is 8.49. The largest absolute Gasteiger partial charge is 0.303 e. The summed E-state index contributed by atoms with van der Waals surface area (Å²) in [5.74, 6) is 0.785. The van der Waals surface area contributed by atoms with Crippen LogP contribution in [-0.2, 0) is 14.4 Å². The lowest BCUT2D eigenvalue weighted by molar-refractivity contribution is -0.111. The van der Waals surface area contributed by atoms with Crippen LogP contribution in [0.15, 0.2) is 0 Å². The molecule has 0 saturated heterocycles. The summed E-state index contributed by atoms with van der Waals surface area (Å²) in [6, 6.07) is 0. The fraction of sp³-hybridized carbons (Fsp3) is 0.800. The van der Waals surface area contributed by atoms with E-state index >= 15 is 0 Å². The van der Waals surface area contributed by atoms with Crippen molar-refractivity contribution in [1.29, 1.82) is 0 Å². The van der Waals surface area contributed by atoms with Crippen molar-refractivity contribution in [2.45, 2.75) is 66.7 Å². The van der Waals surface area contributed by atoms with E-state index < -0.39 is 0 Å². The van der Waals surface area contributed by atoms with E-state index in [-0.39, 0.29) is 5.92 Å². The van der Waals surface area contributed by atoms with Crippen LogP contribution in [0, 0.1) is 11.8 Å². The molecule has 3 nitrogen and oxygen atoms in total. The predicted molar refractivity (Wildman–Crippen MR) is 76.6 cm³/mol. The highest BCUT2D eigenvalue weighted by Gasteiger charge is 1.89. The molecule has 0 aromatic rings. The lowest BCUT2D eigenvalue weighted by Crippen LogP contribution is -1.89. The van der Waals surface area contributed by atoms with Gasteiger partial charge in [0.1, 0.15) is 18.9 Å². The lowest BCUT2D eigenvalue weighted by atomic mass is 10.2. The minimum atomic E-state index is 0.255. The quantitative estimate of drug-likeness (QED) is 0.515. The Labute approximate surface area is 112 Å². The van der Waals surface area contributed by atoms with Gasteiger partial charge in [-0.05, 0) is 18.8 Å². The van der Waals surface area contributed by atoms with Gasteiger partial charge in [0, 0.05) is 18.8 Å². The van der Waals surface area contributed by atoms with Crippen LogP contribution in [0.1, 0.15) is 66.7 Å². The van der Waals surface area contributed by atoms with Gasteiger partial charge in [-0.3, -0.25) is 0 Å². The van der Waals surface area contributed by atoms with Crippen LogP contribution in [-0.4, -0.2) is 18.9 Å². The van der Waals surface area contributed by atoms with E-state index in [1.54, 1.807) is 0 Å². The van der Waals surface area contributed by atoms with Crippen LogP contribution < -0.4 is 0 Å². The maximum atomic E-state index is 9.74. The summed E-state index contributed by atoms with van der Waals surface area (Å²) < 4.78 is 0. The molecular weight excluding hydrogens is 228 g/mol. The first-order valence-electron chi connectivity index (χ1n) is 6.82. The number of aldehydes is 3. The summed E-state index contributed by atoms with van der Waals surface area (Å²) >= 11 is 0. The average Bonchev–Trinajstić information content (AvgIpc) is 2.36. The van der Waals surface area contributed by atoms with Crippen molar-refractivity contribution in [3.8, 4) is 0 Å². The van der Waals surface area contributed by atoms with Gasteiger partial charge in [-0.1, -0.05) is 41.0 Å². The van der Waals surface area contributed by atoms with E-state index in [2.05, 4.69) is 6.92 Å². The Balaban J connectivity index is -0.000000187. The number of unbranched alkanes of at least 4 members (excludes halogenated alkanes) is 2. The molecule has 0 aliphatic rings. The van der Waals surface area contributed by atoms with Crippen LogP contribution in [0.3, 0.4) is 0 Å². The third-order valence-corrected chi connectivity index (χ3v) is 2.12. The lowest BCUT2D eigenvalue weighted by Gasteiger charge is -1.89. The minimum absolute atomic E-state index is 0.255. The Hall–Kier alpha value is -0.990. The second kappa shape index (κ2) is 21.3. The Bertz CT molecular complexity index is 177. The van der Waals surface area contributed by atoms with E-state index in [1.165, 1.54) is 0 Å². The molecule has 0 bridgehead atoms. The Morgan fingerprint density at radius 1 is 0.944 bits per heavy atom. The molecule has 1 atom stereocenters. The van der Waals surface area contributed by atoms with Crippen molar-refractivity contribution in [3.63, 3.8) is 0 Å². The van der Waals surface area contributed by atoms with E-state index in [9.17, 15) is 14.4 Å². The van der Waals surface area contributed by atoms with E-state index in [1.807, 2.05) is 27.7 Å². The van der Waals surface area contributed by atoms with Crippen molar-refractivity contribution in [3.05, 3.63) is 0 Å². The zero-order valence-electron chi connectivity index (χ0n) is 12.6. The van der Waals surface area contributed by atoms with Crippen molar-refractivity contribution in [1.82, 2.24) is 0 Å². The molecule has 3 heteroatoms. The number of carbonyl (C=O) groups excluding carboxylic acids is 3. The highest BCUT2D eigenvalue weighted by Crippen LogP contribution is 1.92. The zero-order chi connectivity index (χ0) is 14.8. The van der Waals surface area contributed by atoms with Crippen LogP contribution in [0.4, 0.5) is 0 Å². The molecular formula is C15H30O3. The third kappa shape index (κ3) is 36.3. The number of carbonyl (C=O) groups is 3. The van der Waals surface area contributed by atoms with E-state index in [4.69, 9.17) is 0 Å². The molecule has 0 heterocycles. The highest BCUT2D eigenvalue weighted by atomic mass is 16.1. The van der Waals surface area contributed by atoms with Crippen molar-refractivity contribution in [2.75, 3.05) is 0 Å². The van der Waals surface area contributed by atoms with E-state index in [0.717, 1.165) is 44.5 Å². The molecule has 0 aliphatic heterocycles. The predicted octanol–water partition coefficient (Wildman–Crippen LogP) is 3.84. The first kappa shape index (κ1) is 22.2. The van der Waals surface area contributed by atoms with Gasteiger partial charge in [-0.25, -0.2) is 0 Å². The molecule has 0 aliphatic carbocycles. The molecule has 0 amide bonds. The normalized spacial score (nSPS) is 10.3. The van der Waals surface area contributed by atoms with Crippen LogP contribution in [0.2, 0.25) is 0 Å². The summed E-state index contributed by atoms with van der Waals surface area (Å²) in [6.45, 7) is 10.0. The van der Waals surface area contributed by atoms with Crippen LogP contribution in [0.5, 0.6) is 0 Å². The molecule has 0 spiro atoms. The Morgan fingerprint density at radius 3 is 1.56 bits per heavy atom. The monoisotopic (exact) mass is 258 g/mol. The number of hydrogen-bond donors (Lipinski definition) is 0. The summed E-state index contributed by atoms with van der Waals surface area (Å²) in [5.41, 5.74) is 0. The molecule has 0 fully saturated rings. The van der Waals surface area contributed by atoms with Gasteiger partial charge in [0.2, 0.25) is 0 Å². The summed E-state index contributed by atoms with van der Waals surface area (Å²) in [5, 5.41) is 0.